The summed E-state index contributed by atoms with van der Waals surface area (Å²) in [7, 11) is 0. The first kappa shape index (κ1) is 20.1. The molecular weight excluding hydrogens is 344 g/mol. The van der Waals surface area contributed by atoms with E-state index in [0.717, 1.165) is 38.5 Å². The first-order chi connectivity index (χ1) is 7.63. The predicted octanol–water partition coefficient (Wildman–Crippen LogP) is 4.63. The van der Waals surface area contributed by atoms with E-state index in [1.807, 2.05) is 0 Å². The van der Waals surface area contributed by atoms with Gasteiger partial charge in [-0.1, -0.05) is 59.3 Å². The molecule has 17 heavy (non-hydrogen) atoms. The third-order valence-corrected chi connectivity index (χ3v) is 3.42. The Morgan fingerprint density at radius 2 is 1.41 bits per heavy atom. The Bertz CT molecular complexity index is 187. The number of hydrogen-bond acceptors (Lipinski definition) is 1. The molecule has 0 saturated carbocycles. The summed E-state index contributed by atoms with van der Waals surface area (Å²) in [5.41, 5.74) is -0.433. The molecule has 0 amide bonds. The number of unbranched alkanes of at least 4 members (excludes halogenated alkanes) is 3. The molecule has 0 aliphatic carbocycles. The van der Waals surface area contributed by atoms with Gasteiger partial charge in [0.25, 0.3) is 0 Å². The van der Waals surface area contributed by atoms with Crippen LogP contribution < -0.4 is 0 Å². The summed E-state index contributed by atoms with van der Waals surface area (Å²) >= 11 is 0. The fraction of sp³-hybridized carbons (Fsp3) is 0.929. The monoisotopic (exact) mass is 370 g/mol. The molecule has 0 bridgehead atoms. The molecule has 0 aromatic carbocycles. The van der Waals surface area contributed by atoms with Gasteiger partial charge < -0.3 is 5.11 Å². The van der Waals surface area contributed by atoms with E-state index < -0.39 is 11.4 Å². The minimum Gasteiger partial charge on any atom is -0.481 e. The van der Waals surface area contributed by atoms with E-state index in [1.54, 1.807) is 0 Å². The van der Waals surface area contributed by atoms with E-state index in [0.29, 0.717) is 0 Å². The van der Waals surface area contributed by atoms with Gasteiger partial charge in [-0.25, -0.2) is 0 Å². The maximum absolute atomic E-state index is 11.5. The van der Waals surface area contributed by atoms with Crippen LogP contribution in [0.4, 0.5) is 0 Å². The zero-order chi connectivity index (χ0) is 12.4. The molecule has 100 valence electrons. The van der Waals surface area contributed by atoms with Crippen LogP contribution in [0, 0.1) is 46.3 Å². The molecule has 0 atom stereocenters. The van der Waals surface area contributed by atoms with Crippen molar-refractivity contribution < 1.29 is 50.7 Å². The summed E-state index contributed by atoms with van der Waals surface area (Å²) in [6, 6.07) is 0. The van der Waals surface area contributed by atoms with Crippen LogP contribution in [0.5, 0.6) is 0 Å². The number of rotatable bonds is 10. The molecule has 0 unspecified atom stereocenters. The molecule has 0 spiro atoms. The van der Waals surface area contributed by atoms with Crippen molar-refractivity contribution in [2.24, 2.45) is 5.41 Å². The number of carboxylic acid groups (broad SMARTS) is 1. The SMILES string of the molecule is CCCCCCC(CCC)(CCC)C(=O)O.[Nd]. The average Bonchev–Trinajstić information content (AvgIpc) is 2.24. The Kier molecular flexibility index (Phi) is 14.1. The third-order valence-electron chi connectivity index (χ3n) is 3.42. The van der Waals surface area contributed by atoms with Gasteiger partial charge in [-0.2, -0.15) is 0 Å². The van der Waals surface area contributed by atoms with Crippen molar-refractivity contribution in [3.63, 3.8) is 0 Å². The second kappa shape index (κ2) is 11.9. The summed E-state index contributed by atoms with van der Waals surface area (Å²) in [6.45, 7) is 6.35. The number of carbonyl (C=O) groups is 1. The summed E-state index contributed by atoms with van der Waals surface area (Å²) in [5.74, 6) is -0.576. The van der Waals surface area contributed by atoms with Crippen LogP contribution in [0.3, 0.4) is 0 Å². The van der Waals surface area contributed by atoms with Crippen LogP contribution in [0.1, 0.15) is 78.6 Å². The Balaban J connectivity index is 0. The second-order valence-corrected chi connectivity index (χ2v) is 4.90. The molecule has 0 radical (unpaired) electrons. The zero-order valence-electron chi connectivity index (χ0n) is 11.7. The minimum atomic E-state index is -0.576. The molecule has 0 rings (SSSR count). The largest absolute Gasteiger partial charge is 0.481 e. The van der Waals surface area contributed by atoms with E-state index in [1.165, 1.54) is 19.3 Å². The van der Waals surface area contributed by atoms with Gasteiger partial charge in [0.2, 0.25) is 0 Å². The Hall–Kier alpha value is 0.821. The van der Waals surface area contributed by atoms with Crippen molar-refractivity contribution in [1.82, 2.24) is 0 Å². The van der Waals surface area contributed by atoms with E-state index in [-0.39, 0.29) is 40.8 Å². The maximum atomic E-state index is 11.5. The first-order valence-corrected chi connectivity index (χ1v) is 6.86. The summed E-state index contributed by atoms with van der Waals surface area (Å²) in [5, 5.41) is 9.44. The Morgan fingerprint density at radius 3 is 1.76 bits per heavy atom. The molecule has 2 nitrogen and oxygen atoms in total. The first-order valence-electron chi connectivity index (χ1n) is 6.86. The van der Waals surface area contributed by atoms with Gasteiger partial charge >= 0.3 is 5.97 Å². The standard InChI is InChI=1S/C14H28O2.Nd/c1-4-7-8-9-12-14(10-5-2,11-6-3)13(15)16;/h4-12H2,1-3H3,(H,15,16);. The summed E-state index contributed by atoms with van der Waals surface area (Å²) in [4.78, 5) is 11.5. The van der Waals surface area contributed by atoms with Crippen LogP contribution in [-0.4, -0.2) is 11.1 Å². The van der Waals surface area contributed by atoms with Gasteiger partial charge in [-0.15, -0.1) is 0 Å². The van der Waals surface area contributed by atoms with Crippen molar-refractivity contribution >= 4 is 5.97 Å². The maximum Gasteiger partial charge on any atom is 0.309 e. The van der Waals surface area contributed by atoms with Crippen molar-refractivity contribution in [3.05, 3.63) is 0 Å². The fourth-order valence-corrected chi connectivity index (χ4v) is 2.54. The van der Waals surface area contributed by atoms with Gasteiger partial charge in [0, 0.05) is 40.8 Å². The topological polar surface area (TPSA) is 37.3 Å². The molecule has 3 heteroatoms. The summed E-state index contributed by atoms with van der Waals surface area (Å²) < 4.78 is 0. The van der Waals surface area contributed by atoms with E-state index in [2.05, 4.69) is 20.8 Å². The van der Waals surface area contributed by atoms with Crippen molar-refractivity contribution in [2.45, 2.75) is 78.6 Å². The second-order valence-electron chi connectivity index (χ2n) is 4.90. The number of aliphatic carboxylic acids is 1. The number of hydrogen-bond donors (Lipinski definition) is 1. The molecule has 0 heterocycles. The summed E-state index contributed by atoms with van der Waals surface area (Å²) in [6.07, 6.45) is 9.17. The van der Waals surface area contributed by atoms with E-state index in [9.17, 15) is 9.90 Å². The van der Waals surface area contributed by atoms with Crippen LogP contribution in [0.2, 0.25) is 0 Å². The number of carboxylic acids is 1. The molecular formula is C14H28NdO2. The quantitative estimate of drug-likeness (QED) is 0.568. The zero-order valence-corrected chi connectivity index (χ0v) is 14.9. The van der Waals surface area contributed by atoms with Crippen LogP contribution in [0.25, 0.3) is 0 Å². The average molecular weight is 373 g/mol. The van der Waals surface area contributed by atoms with Crippen LogP contribution in [-0.2, 0) is 4.79 Å². The van der Waals surface area contributed by atoms with Crippen LogP contribution >= 0.6 is 0 Å². The molecule has 0 fully saturated rings. The van der Waals surface area contributed by atoms with Crippen molar-refractivity contribution in [2.75, 3.05) is 0 Å². The molecule has 0 aromatic rings. The third kappa shape index (κ3) is 7.76. The molecule has 0 aromatic heterocycles. The predicted molar refractivity (Wildman–Crippen MR) is 68.6 cm³/mol. The van der Waals surface area contributed by atoms with Crippen molar-refractivity contribution in [3.8, 4) is 0 Å². The van der Waals surface area contributed by atoms with E-state index >= 15 is 0 Å². The Labute approximate surface area is 139 Å². The van der Waals surface area contributed by atoms with Crippen LogP contribution in [0.15, 0.2) is 0 Å². The van der Waals surface area contributed by atoms with Gasteiger partial charge in [0.15, 0.2) is 0 Å². The van der Waals surface area contributed by atoms with Crippen molar-refractivity contribution in [1.29, 1.82) is 0 Å². The van der Waals surface area contributed by atoms with Gasteiger partial charge in [-0.05, 0) is 19.3 Å². The molecule has 0 saturated heterocycles. The smallest absolute Gasteiger partial charge is 0.309 e. The minimum absolute atomic E-state index is 0. The Morgan fingerprint density at radius 1 is 0.882 bits per heavy atom. The molecule has 0 aliphatic rings. The van der Waals surface area contributed by atoms with Gasteiger partial charge in [-0.3, -0.25) is 4.79 Å². The van der Waals surface area contributed by atoms with E-state index in [4.69, 9.17) is 0 Å². The van der Waals surface area contributed by atoms with Gasteiger partial charge in [0.1, 0.15) is 0 Å². The normalized spacial score (nSPS) is 11.0. The molecule has 1 N–H and O–H groups in total. The fourth-order valence-electron chi connectivity index (χ4n) is 2.54. The molecule has 0 aliphatic heterocycles. The van der Waals surface area contributed by atoms with Gasteiger partial charge in [0.05, 0.1) is 5.41 Å².